The Morgan fingerprint density at radius 3 is 2.50 bits per heavy atom. The zero-order chi connectivity index (χ0) is 24.1. The van der Waals surface area contributed by atoms with Gasteiger partial charge in [0.2, 0.25) is 5.91 Å². The molecule has 0 unspecified atom stereocenters. The fourth-order valence-corrected chi connectivity index (χ4v) is 5.02. The predicted octanol–water partition coefficient (Wildman–Crippen LogP) is 5.42. The Morgan fingerprint density at radius 2 is 1.79 bits per heavy atom. The highest BCUT2D eigenvalue weighted by Gasteiger charge is 2.33. The van der Waals surface area contributed by atoms with Crippen LogP contribution >= 0.6 is 11.6 Å². The molecule has 3 aromatic rings. The Kier molecular flexibility index (Phi) is 7.88. The van der Waals surface area contributed by atoms with E-state index in [-0.39, 0.29) is 23.8 Å². The van der Waals surface area contributed by atoms with Gasteiger partial charge in [-0.1, -0.05) is 55.3 Å². The third-order valence-corrected chi connectivity index (χ3v) is 6.93. The zero-order valence-corrected chi connectivity index (χ0v) is 20.6. The number of fused-ring (bicyclic) bond motifs is 1. The molecule has 1 aliphatic rings. The van der Waals surface area contributed by atoms with Gasteiger partial charge in [-0.2, -0.15) is 0 Å². The van der Waals surface area contributed by atoms with Crippen molar-refractivity contribution in [3.8, 4) is 0 Å². The number of hydrogen-bond acceptors (Lipinski definition) is 4. The summed E-state index contributed by atoms with van der Waals surface area (Å²) in [6.45, 7) is 5.43. The lowest BCUT2D eigenvalue weighted by Crippen LogP contribution is -2.44. The quantitative estimate of drug-likeness (QED) is 0.403. The molecule has 1 atom stereocenters. The molecule has 4 rings (SSSR count). The van der Waals surface area contributed by atoms with Crippen LogP contribution in [-0.4, -0.2) is 46.0 Å². The van der Waals surface area contributed by atoms with Crippen molar-refractivity contribution in [2.45, 2.75) is 52.0 Å². The van der Waals surface area contributed by atoms with Gasteiger partial charge in [-0.3, -0.25) is 9.59 Å². The van der Waals surface area contributed by atoms with Gasteiger partial charge < -0.3 is 14.2 Å². The third kappa shape index (κ3) is 5.12. The molecule has 180 valence electrons. The second-order valence-electron chi connectivity index (χ2n) is 8.81. The van der Waals surface area contributed by atoms with Crippen LogP contribution in [0.2, 0.25) is 5.02 Å². The number of ether oxygens (including phenoxy) is 1. The van der Waals surface area contributed by atoms with Crippen LogP contribution in [0.3, 0.4) is 0 Å². The molecule has 0 saturated carbocycles. The average Bonchev–Trinajstić information content (AvgIpc) is 3.21. The van der Waals surface area contributed by atoms with Crippen molar-refractivity contribution in [1.82, 2.24) is 14.5 Å². The summed E-state index contributed by atoms with van der Waals surface area (Å²) in [6, 6.07) is 15.4. The lowest BCUT2D eigenvalue weighted by atomic mass is 9.96. The minimum Gasteiger partial charge on any atom is -0.466 e. The molecule has 1 aromatic heterocycles. The van der Waals surface area contributed by atoms with Crippen molar-refractivity contribution in [2.75, 3.05) is 19.7 Å². The molecular weight excluding hydrogens is 450 g/mol. The van der Waals surface area contributed by atoms with Gasteiger partial charge in [-0.25, -0.2) is 4.98 Å². The summed E-state index contributed by atoms with van der Waals surface area (Å²) in [5.74, 6) is 0.649. The molecular formula is C27H32ClN3O3. The van der Waals surface area contributed by atoms with E-state index in [2.05, 4.69) is 11.5 Å². The number of esters is 1. The maximum Gasteiger partial charge on any atom is 0.309 e. The number of benzene rings is 2. The van der Waals surface area contributed by atoms with Gasteiger partial charge in [0.05, 0.1) is 23.6 Å². The largest absolute Gasteiger partial charge is 0.466 e. The van der Waals surface area contributed by atoms with Gasteiger partial charge >= 0.3 is 5.97 Å². The van der Waals surface area contributed by atoms with Crippen LogP contribution in [0.25, 0.3) is 11.0 Å². The molecule has 0 spiro atoms. The smallest absolute Gasteiger partial charge is 0.309 e. The van der Waals surface area contributed by atoms with E-state index >= 15 is 0 Å². The first kappa shape index (κ1) is 24.3. The lowest BCUT2D eigenvalue weighted by Gasteiger charge is -2.34. The van der Waals surface area contributed by atoms with Crippen molar-refractivity contribution < 1.29 is 14.3 Å². The first-order valence-corrected chi connectivity index (χ1v) is 12.6. The average molecular weight is 482 g/mol. The van der Waals surface area contributed by atoms with Gasteiger partial charge in [0.25, 0.3) is 0 Å². The molecule has 0 N–H and O–H groups in total. The highest BCUT2D eigenvalue weighted by atomic mass is 35.5. The zero-order valence-electron chi connectivity index (χ0n) is 19.9. The summed E-state index contributed by atoms with van der Waals surface area (Å²) >= 11 is 6.46. The van der Waals surface area contributed by atoms with Gasteiger partial charge in [-0.15, -0.1) is 0 Å². The van der Waals surface area contributed by atoms with Crippen LogP contribution in [0.5, 0.6) is 0 Å². The number of nitrogens with zero attached hydrogens (tertiary/aromatic N) is 3. The van der Waals surface area contributed by atoms with Crippen molar-refractivity contribution in [3.05, 3.63) is 64.9 Å². The topological polar surface area (TPSA) is 64.4 Å². The number of piperidine rings is 1. The molecule has 0 aliphatic carbocycles. The molecule has 1 saturated heterocycles. The molecule has 2 heterocycles. The standard InChI is InChI=1S/C27H32ClN3O3/c1-3-9-24(26(32)30-16-14-19(15-17-30)27(33)34-4-2)31-23-13-8-7-12-22(23)29-25(31)18-20-10-5-6-11-21(20)28/h5-8,10-13,19,24H,3-4,9,14-18H2,1-2H3/t24-/m0/s1. The summed E-state index contributed by atoms with van der Waals surface area (Å²) < 4.78 is 7.30. The highest BCUT2D eigenvalue weighted by Crippen LogP contribution is 2.30. The van der Waals surface area contributed by atoms with Crippen LogP contribution in [0, 0.1) is 5.92 Å². The van der Waals surface area contributed by atoms with Crippen LogP contribution < -0.4 is 0 Å². The summed E-state index contributed by atoms with van der Waals surface area (Å²) in [5.41, 5.74) is 2.82. The number of aromatic nitrogens is 2. The van der Waals surface area contributed by atoms with E-state index < -0.39 is 0 Å². The second kappa shape index (κ2) is 11.0. The number of hydrogen-bond donors (Lipinski definition) is 0. The van der Waals surface area contributed by atoms with Crippen molar-refractivity contribution in [1.29, 1.82) is 0 Å². The number of rotatable bonds is 8. The van der Waals surface area contributed by atoms with E-state index in [4.69, 9.17) is 21.3 Å². The van der Waals surface area contributed by atoms with Crippen LogP contribution in [0.4, 0.5) is 0 Å². The predicted molar refractivity (Wildman–Crippen MR) is 134 cm³/mol. The summed E-state index contributed by atoms with van der Waals surface area (Å²) in [4.78, 5) is 32.8. The number of likely N-dealkylation sites (tertiary alicyclic amines) is 1. The van der Waals surface area contributed by atoms with Crippen molar-refractivity contribution in [3.63, 3.8) is 0 Å². The van der Waals surface area contributed by atoms with Crippen LogP contribution in [-0.2, 0) is 20.7 Å². The van der Waals surface area contributed by atoms with E-state index in [1.165, 1.54) is 0 Å². The molecule has 2 aromatic carbocycles. The van der Waals surface area contributed by atoms with Gasteiger partial charge in [-0.05, 0) is 49.9 Å². The summed E-state index contributed by atoms with van der Waals surface area (Å²) in [5, 5.41) is 0.695. The second-order valence-corrected chi connectivity index (χ2v) is 9.22. The number of carbonyl (C=O) groups excluding carboxylic acids is 2. The lowest BCUT2D eigenvalue weighted by molar-refractivity contribution is -0.151. The SMILES string of the molecule is CCC[C@@H](C(=O)N1CCC(C(=O)OCC)CC1)n1c(Cc2ccccc2Cl)nc2ccccc21. The number of para-hydroxylation sites is 2. The number of imidazole rings is 1. The van der Waals surface area contributed by atoms with Crippen LogP contribution in [0.1, 0.15) is 57.0 Å². The highest BCUT2D eigenvalue weighted by molar-refractivity contribution is 6.31. The number of amides is 1. The summed E-state index contributed by atoms with van der Waals surface area (Å²) in [7, 11) is 0. The fraction of sp³-hybridized carbons (Fsp3) is 0.444. The Morgan fingerprint density at radius 1 is 1.09 bits per heavy atom. The maximum atomic E-state index is 13.8. The van der Waals surface area contributed by atoms with E-state index in [9.17, 15) is 9.59 Å². The minimum absolute atomic E-state index is 0.0905. The van der Waals surface area contributed by atoms with Gasteiger partial charge in [0.15, 0.2) is 0 Å². The number of carbonyl (C=O) groups is 2. The molecule has 0 bridgehead atoms. The maximum absolute atomic E-state index is 13.8. The normalized spacial score (nSPS) is 15.4. The molecule has 7 heteroatoms. The first-order chi connectivity index (χ1) is 16.5. The first-order valence-electron chi connectivity index (χ1n) is 12.2. The molecule has 34 heavy (non-hydrogen) atoms. The molecule has 1 fully saturated rings. The van der Waals surface area contributed by atoms with E-state index in [1.54, 1.807) is 0 Å². The van der Waals surface area contributed by atoms with Crippen LogP contribution in [0.15, 0.2) is 48.5 Å². The molecule has 1 aliphatic heterocycles. The minimum atomic E-state index is -0.353. The van der Waals surface area contributed by atoms with Crippen molar-refractivity contribution in [2.24, 2.45) is 5.92 Å². The Balaban J connectivity index is 1.64. The van der Waals surface area contributed by atoms with Gasteiger partial charge in [0, 0.05) is 24.5 Å². The fourth-order valence-electron chi connectivity index (χ4n) is 4.82. The Bertz CT molecular complexity index is 1150. The molecule has 6 nitrogen and oxygen atoms in total. The van der Waals surface area contributed by atoms with E-state index in [0.717, 1.165) is 28.8 Å². The Hall–Kier alpha value is -2.86. The van der Waals surface area contributed by atoms with E-state index in [1.807, 2.05) is 60.4 Å². The van der Waals surface area contributed by atoms with E-state index in [0.29, 0.717) is 50.4 Å². The molecule has 0 radical (unpaired) electrons. The third-order valence-electron chi connectivity index (χ3n) is 6.56. The number of halogens is 1. The molecule has 1 amide bonds. The Labute approximate surface area is 205 Å². The summed E-state index contributed by atoms with van der Waals surface area (Å²) in [6.07, 6.45) is 3.41. The van der Waals surface area contributed by atoms with Gasteiger partial charge in [0.1, 0.15) is 11.9 Å². The van der Waals surface area contributed by atoms with Crippen molar-refractivity contribution >= 4 is 34.5 Å². The monoisotopic (exact) mass is 481 g/mol.